The summed E-state index contributed by atoms with van der Waals surface area (Å²) in [6.45, 7) is 1.64. The van der Waals surface area contributed by atoms with Crippen LogP contribution in [-0.2, 0) is 14.6 Å². The molecule has 10 heteroatoms. The first-order valence-electron chi connectivity index (χ1n) is 7.55. The Hall–Kier alpha value is -1.94. The van der Waals surface area contributed by atoms with E-state index in [4.69, 9.17) is 4.42 Å². The lowest BCUT2D eigenvalue weighted by atomic mass is 10.1. The average molecular weight is 385 g/mol. The van der Waals surface area contributed by atoms with Crippen molar-refractivity contribution in [2.24, 2.45) is 0 Å². The second kappa shape index (κ2) is 7.12. The third-order valence-electron chi connectivity index (χ3n) is 3.79. The molecule has 0 spiro atoms. The van der Waals surface area contributed by atoms with Crippen LogP contribution in [0.4, 0.5) is 10.1 Å². The van der Waals surface area contributed by atoms with Gasteiger partial charge < -0.3 is 9.73 Å². The van der Waals surface area contributed by atoms with E-state index in [0.717, 1.165) is 11.8 Å². The van der Waals surface area contributed by atoms with E-state index in [9.17, 15) is 17.6 Å². The van der Waals surface area contributed by atoms with Crippen LogP contribution < -0.4 is 5.32 Å². The largest absolute Gasteiger partial charge is 0.416 e. The van der Waals surface area contributed by atoms with Crippen molar-refractivity contribution >= 4 is 33.2 Å². The molecule has 25 heavy (non-hydrogen) atoms. The van der Waals surface area contributed by atoms with Crippen LogP contribution >= 0.6 is 11.8 Å². The van der Waals surface area contributed by atoms with Crippen LogP contribution in [0.25, 0.3) is 0 Å². The van der Waals surface area contributed by atoms with E-state index in [0.29, 0.717) is 17.7 Å². The van der Waals surface area contributed by atoms with Gasteiger partial charge in [-0.1, -0.05) is 17.8 Å². The minimum absolute atomic E-state index is 0.0127. The number of amides is 1. The van der Waals surface area contributed by atoms with Gasteiger partial charge in [0.25, 0.3) is 5.22 Å². The molecular weight excluding hydrogens is 369 g/mol. The third-order valence-corrected chi connectivity index (χ3v) is 6.37. The van der Waals surface area contributed by atoms with Crippen LogP contribution in [0, 0.1) is 12.7 Å². The molecule has 1 N–H and O–H groups in total. The molecule has 1 aromatic carbocycles. The number of thioether (sulfide) groups is 1. The first kappa shape index (κ1) is 17.9. The highest BCUT2D eigenvalue weighted by Crippen LogP contribution is 2.29. The van der Waals surface area contributed by atoms with Gasteiger partial charge in [-0.2, -0.15) is 0 Å². The number of carbonyl (C=O) groups is 1. The van der Waals surface area contributed by atoms with Gasteiger partial charge in [0.1, 0.15) is 5.82 Å². The van der Waals surface area contributed by atoms with Crippen LogP contribution in [-0.4, -0.2) is 41.8 Å². The first-order chi connectivity index (χ1) is 11.8. The maximum Gasteiger partial charge on any atom is 0.277 e. The Kier molecular flexibility index (Phi) is 5.09. The number of carbonyl (C=O) groups excluding carboxylic acids is 1. The molecule has 0 saturated carbocycles. The molecule has 1 unspecified atom stereocenters. The lowest BCUT2D eigenvalue weighted by molar-refractivity contribution is -0.113. The SMILES string of the molecule is Cc1ccc(NC(=O)CSc2nnc(C3CCS(=O)(=O)C3)o2)cc1F. The molecule has 1 aliphatic rings. The minimum atomic E-state index is -3.03. The van der Waals surface area contributed by atoms with Gasteiger partial charge in [-0.05, 0) is 31.0 Å². The molecule has 2 heterocycles. The van der Waals surface area contributed by atoms with E-state index < -0.39 is 15.7 Å². The third kappa shape index (κ3) is 4.57. The van der Waals surface area contributed by atoms with Crippen molar-refractivity contribution in [2.75, 3.05) is 22.6 Å². The Morgan fingerprint density at radius 3 is 2.92 bits per heavy atom. The predicted octanol–water partition coefficient (Wildman–Crippen LogP) is 2.15. The van der Waals surface area contributed by atoms with Crippen LogP contribution in [0.15, 0.2) is 27.8 Å². The van der Waals surface area contributed by atoms with Crippen LogP contribution in [0.5, 0.6) is 0 Å². The van der Waals surface area contributed by atoms with Crippen molar-refractivity contribution in [3.05, 3.63) is 35.5 Å². The Bertz CT molecular complexity index is 898. The second-order valence-electron chi connectivity index (χ2n) is 5.81. The number of benzene rings is 1. The highest BCUT2D eigenvalue weighted by molar-refractivity contribution is 7.99. The number of nitrogens with zero attached hydrogens (tertiary/aromatic N) is 2. The second-order valence-corrected chi connectivity index (χ2v) is 8.96. The molecule has 134 valence electrons. The predicted molar refractivity (Wildman–Crippen MR) is 90.8 cm³/mol. The average Bonchev–Trinajstić information content (AvgIpc) is 3.15. The zero-order valence-corrected chi connectivity index (χ0v) is 15.0. The van der Waals surface area contributed by atoms with Crippen molar-refractivity contribution < 1.29 is 22.0 Å². The Morgan fingerprint density at radius 1 is 1.44 bits per heavy atom. The van der Waals surface area contributed by atoms with Crippen molar-refractivity contribution in [3.63, 3.8) is 0 Å². The molecule has 0 bridgehead atoms. The molecule has 1 fully saturated rings. The summed E-state index contributed by atoms with van der Waals surface area (Å²) >= 11 is 1.04. The van der Waals surface area contributed by atoms with E-state index in [2.05, 4.69) is 15.5 Å². The summed E-state index contributed by atoms with van der Waals surface area (Å²) in [6, 6.07) is 4.45. The first-order valence-corrected chi connectivity index (χ1v) is 10.4. The standard InChI is InChI=1S/C15H16FN3O4S2/c1-9-2-3-11(6-12(9)16)17-13(20)7-24-15-19-18-14(23-15)10-4-5-25(21,22)8-10/h2-3,6,10H,4-5,7-8H2,1H3,(H,17,20). The van der Waals surface area contributed by atoms with E-state index >= 15 is 0 Å². The summed E-state index contributed by atoms with van der Waals surface area (Å²) in [6.07, 6.45) is 0.466. The number of hydrogen-bond acceptors (Lipinski definition) is 7. The Balaban J connectivity index is 1.53. The lowest BCUT2D eigenvalue weighted by Crippen LogP contribution is -2.14. The van der Waals surface area contributed by atoms with Crippen molar-refractivity contribution in [1.29, 1.82) is 0 Å². The normalized spacial score (nSPS) is 19.0. The monoisotopic (exact) mass is 385 g/mol. The van der Waals surface area contributed by atoms with Gasteiger partial charge in [0.05, 0.1) is 23.2 Å². The van der Waals surface area contributed by atoms with Crippen LogP contribution in [0.3, 0.4) is 0 Å². The number of nitrogens with one attached hydrogen (secondary N) is 1. The number of aromatic nitrogens is 2. The smallest absolute Gasteiger partial charge is 0.277 e. The Labute approximate surface area is 148 Å². The molecule has 1 atom stereocenters. The summed E-state index contributed by atoms with van der Waals surface area (Å²) in [5.74, 6) is -0.576. The quantitative estimate of drug-likeness (QED) is 0.787. The summed E-state index contributed by atoms with van der Waals surface area (Å²) in [4.78, 5) is 11.9. The van der Waals surface area contributed by atoms with Gasteiger partial charge in [-0.25, -0.2) is 12.8 Å². The van der Waals surface area contributed by atoms with Gasteiger partial charge >= 0.3 is 0 Å². The van der Waals surface area contributed by atoms with Crippen LogP contribution in [0.2, 0.25) is 0 Å². The molecule has 1 saturated heterocycles. The van der Waals surface area contributed by atoms with Gasteiger partial charge in [0.2, 0.25) is 11.8 Å². The fourth-order valence-electron chi connectivity index (χ4n) is 2.43. The number of sulfone groups is 1. The van der Waals surface area contributed by atoms with Gasteiger partial charge in [-0.3, -0.25) is 4.79 Å². The van der Waals surface area contributed by atoms with E-state index in [1.165, 1.54) is 6.07 Å². The molecule has 1 amide bonds. The molecule has 2 aromatic rings. The van der Waals surface area contributed by atoms with Crippen molar-refractivity contribution in [3.8, 4) is 0 Å². The Morgan fingerprint density at radius 2 is 2.24 bits per heavy atom. The fraction of sp³-hybridized carbons (Fsp3) is 0.400. The molecular formula is C15H16FN3O4S2. The lowest BCUT2D eigenvalue weighted by Gasteiger charge is -2.05. The summed E-state index contributed by atoms with van der Waals surface area (Å²) in [7, 11) is -3.03. The zero-order chi connectivity index (χ0) is 18.0. The maximum absolute atomic E-state index is 13.5. The molecule has 0 radical (unpaired) electrons. The molecule has 7 nitrogen and oxygen atoms in total. The number of hydrogen-bond donors (Lipinski definition) is 1. The minimum Gasteiger partial charge on any atom is -0.416 e. The molecule has 1 aliphatic heterocycles. The molecule has 0 aliphatic carbocycles. The highest BCUT2D eigenvalue weighted by Gasteiger charge is 2.32. The van der Waals surface area contributed by atoms with Crippen molar-refractivity contribution in [1.82, 2.24) is 10.2 Å². The van der Waals surface area contributed by atoms with E-state index in [1.54, 1.807) is 19.1 Å². The van der Waals surface area contributed by atoms with E-state index in [1.807, 2.05) is 0 Å². The van der Waals surface area contributed by atoms with E-state index in [-0.39, 0.29) is 40.2 Å². The zero-order valence-electron chi connectivity index (χ0n) is 13.4. The number of rotatable bonds is 5. The summed E-state index contributed by atoms with van der Waals surface area (Å²) in [5, 5.41) is 10.5. The fourth-order valence-corrected chi connectivity index (χ4v) is 4.73. The highest BCUT2D eigenvalue weighted by atomic mass is 32.2. The number of aryl methyl sites for hydroxylation is 1. The molecule has 3 rings (SSSR count). The van der Waals surface area contributed by atoms with Crippen molar-refractivity contribution in [2.45, 2.75) is 24.5 Å². The maximum atomic E-state index is 13.5. The van der Waals surface area contributed by atoms with Crippen LogP contribution in [0.1, 0.15) is 23.8 Å². The number of anilines is 1. The topological polar surface area (TPSA) is 102 Å². The van der Waals surface area contributed by atoms with Gasteiger partial charge in [-0.15, -0.1) is 10.2 Å². The number of halogens is 1. The summed E-state index contributed by atoms with van der Waals surface area (Å²) in [5.41, 5.74) is 0.871. The summed E-state index contributed by atoms with van der Waals surface area (Å²) < 4.78 is 41.8. The van der Waals surface area contributed by atoms with Gasteiger partial charge in [0, 0.05) is 5.69 Å². The van der Waals surface area contributed by atoms with Gasteiger partial charge in [0.15, 0.2) is 9.84 Å². The molecule has 1 aromatic heterocycles.